The number of unbranched alkanes of at least 4 members (excludes halogenated alkanes) is 4. The van der Waals surface area contributed by atoms with Gasteiger partial charge in [0.2, 0.25) is 0 Å². The molecule has 0 fully saturated rings. The summed E-state index contributed by atoms with van der Waals surface area (Å²) in [5.74, 6) is -0.0895. The number of rotatable bonds is 15. The van der Waals surface area contributed by atoms with Gasteiger partial charge < -0.3 is 4.74 Å². The molecule has 0 aliphatic rings. The number of ether oxygens (including phenoxy) is 1. The number of carbonyl (C=O) groups excluding carboxylic acids is 1. The highest BCUT2D eigenvalue weighted by molar-refractivity contribution is 5.69. The molecule has 0 aromatic heterocycles. The van der Waals surface area contributed by atoms with Crippen molar-refractivity contribution in [1.29, 1.82) is 0 Å². The van der Waals surface area contributed by atoms with Gasteiger partial charge in [0.05, 0.1) is 6.61 Å². The Morgan fingerprint density at radius 3 is 1.71 bits per heavy atom. The minimum Gasteiger partial charge on any atom is -0.466 e. The molecule has 0 bridgehead atoms. The minimum absolute atomic E-state index is 0.0895. The van der Waals surface area contributed by atoms with Crippen molar-refractivity contribution in [1.82, 2.24) is 0 Å². The first-order valence-corrected chi connectivity index (χ1v) is 9.56. The van der Waals surface area contributed by atoms with Crippen molar-refractivity contribution in [2.24, 2.45) is 0 Å². The Balaban J connectivity index is 3.43. The molecule has 24 heavy (non-hydrogen) atoms. The van der Waals surface area contributed by atoms with Gasteiger partial charge >= 0.3 is 5.97 Å². The Labute approximate surface area is 149 Å². The summed E-state index contributed by atoms with van der Waals surface area (Å²) in [5.41, 5.74) is 0. The Morgan fingerprint density at radius 2 is 1.21 bits per heavy atom. The molecule has 0 saturated carbocycles. The Hall–Kier alpha value is -1.57. The third kappa shape index (κ3) is 18.5. The molecule has 0 aromatic carbocycles. The number of carbonyl (C=O) groups is 1. The van der Waals surface area contributed by atoms with E-state index >= 15 is 0 Å². The molecule has 0 heterocycles. The van der Waals surface area contributed by atoms with Crippen LogP contribution in [0.5, 0.6) is 0 Å². The van der Waals surface area contributed by atoms with Crippen LogP contribution in [0.3, 0.4) is 0 Å². The standard InChI is InChI=1S/C22H36O2/c1-3-5-6-7-8-9-10-11-12-13-14-15-16-17-18-19-20-21-22(23)24-4-2/h8-9,11-12,14-15,17-18H,3-7,10,13,16,19-21H2,1-2H3/b9-8+,12-11+,15-14-,18-17+. The number of allylic oxidation sites excluding steroid dienone is 8. The second kappa shape index (κ2) is 19.5. The van der Waals surface area contributed by atoms with E-state index in [1.807, 2.05) is 6.92 Å². The molecule has 0 aromatic rings. The molecule has 0 radical (unpaired) electrons. The first kappa shape index (κ1) is 22.4. The summed E-state index contributed by atoms with van der Waals surface area (Å²) in [6.45, 7) is 4.55. The largest absolute Gasteiger partial charge is 0.466 e. The molecule has 0 amide bonds. The maximum absolute atomic E-state index is 11.1. The van der Waals surface area contributed by atoms with E-state index in [9.17, 15) is 4.79 Å². The lowest BCUT2D eigenvalue weighted by atomic mass is 10.2. The van der Waals surface area contributed by atoms with Gasteiger partial charge in [-0.2, -0.15) is 0 Å². The van der Waals surface area contributed by atoms with Gasteiger partial charge in [0, 0.05) is 6.42 Å². The molecule has 0 atom stereocenters. The van der Waals surface area contributed by atoms with Crippen LogP contribution < -0.4 is 0 Å². The first-order chi connectivity index (χ1) is 11.8. The quantitative estimate of drug-likeness (QED) is 0.189. The monoisotopic (exact) mass is 332 g/mol. The Morgan fingerprint density at radius 1 is 0.708 bits per heavy atom. The zero-order valence-corrected chi connectivity index (χ0v) is 15.7. The third-order valence-corrected chi connectivity index (χ3v) is 3.51. The summed E-state index contributed by atoms with van der Waals surface area (Å²) in [7, 11) is 0. The number of hydrogen-bond donors (Lipinski definition) is 0. The Kier molecular flexibility index (Phi) is 18.2. The molecule has 2 nitrogen and oxygen atoms in total. The summed E-state index contributed by atoms with van der Waals surface area (Å²) in [4.78, 5) is 11.1. The first-order valence-electron chi connectivity index (χ1n) is 9.56. The van der Waals surface area contributed by atoms with Crippen LogP contribution in [0, 0.1) is 0 Å². The van der Waals surface area contributed by atoms with E-state index in [2.05, 4.69) is 55.5 Å². The van der Waals surface area contributed by atoms with E-state index in [1.54, 1.807) is 0 Å². The van der Waals surface area contributed by atoms with Crippen molar-refractivity contribution in [2.75, 3.05) is 6.61 Å². The smallest absolute Gasteiger partial charge is 0.305 e. The SMILES string of the molecule is CCCCC/C=C/C/C=C/C/C=C\C/C=C/CCCC(=O)OCC. The predicted octanol–water partition coefficient (Wildman–Crippen LogP) is 6.70. The second-order valence-electron chi connectivity index (χ2n) is 5.79. The molecular formula is C22H36O2. The summed E-state index contributed by atoms with van der Waals surface area (Å²) >= 11 is 0. The minimum atomic E-state index is -0.0895. The van der Waals surface area contributed by atoms with E-state index in [0.29, 0.717) is 13.0 Å². The average molecular weight is 333 g/mol. The zero-order chi connectivity index (χ0) is 17.7. The molecule has 0 N–H and O–H groups in total. The fraction of sp³-hybridized carbons (Fsp3) is 0.591. The van der Waals surface area contributed by atoms with E-state index < -0.39 is 0 Å². The van der Waals surface area contributed by atoms with Gasteiger partial charge in [0.1, 0.15) is 0 Å². The van der Waals surface area contributed by atoms with Crippen molar-refractivity contribution in [3.05, 3.63) is 48.6 Å². The molecule has 0 saturated heterocycles. The van der Waals surface area contributed by atoms with Crippen molar-refractivity contribution in [3.8, 4) is 0 Å². The summed E-state index contributed by atoms with van der Waals surface area (Å²) in [6, 6.07) is 0. The number of esters is 1. The van der Waals surface area contributed by atoms with Gasteiger partial charge in [-0.25, -0.2) is 0 Å². The van der Waals surface area contributed by atoms with Crippen LogP contribution >= 0.6 is 0 Å². The lowest BCUT2D eigenvalue weighted by molar-refractivity contribution is -0.143. The van der Waals surface area contributed by atoms with Crippen LogP contribution in [0.15, 0.2) is 48.6 Å². The van der Waals surface area contributed by atoms with Crippen LogP contribution in [0.2, 0.25) is 0 Å². The third-order valence-electron chi connectivity index (χ3n) is 3.51. The van der Waals surface area contributed by atoms with Crippen LogP contribution in [0.25, 0.3) is 0 Å². The highest BCUT2D eigenvalue weighted by Crippen LogP contribution is 2.02. The molecule has 0 aliphatic carbocycles. The molecule has 0 spiro atoms. The lowest BCUT2D eigenvalue weighted by Gasteiger charge is -1.98. The molecular weight excluding hydrogens is 296 g/mol. The summed E-state index contributed by atoms with van der Waals surface area (Å²) in [6.07, 6.45) is 28.2. The fourth-order valence-corrected chi connectivity index (χ4v) is 2.16. The molecule has 0 unspecified atom stereocenters. The summed E-state index contributed by atoms with van der Waals surface area (Å²) in [5, 5.41) is 0. The maximum atomic E-state index is 11.1. The Bertz CT molecular complexity index is 389. The topological polar surface area (TPSA) is 26.3 Å². The van der Waals surface area contributed by atoms with Gasteiger partial charge in [-0.1, -0.05) is 68.4 Å². The highest BCUT2D eigenvalue weighted by atomic mass is 16.5. The van der Waals surface area contributed by atoms with Gasteiger partial charge in [0.15, 0.2) is 0 Å². The molecule has 0 rings (SSSR count). The normalized spacial score (nSPS) is 12.2. The summed E-state index contributed by atoms with van der Waals surface area (Å²) < 4.78 is 4.89. The molecule has 2 heteroatoms. The van der Waals surface area contributed by atoms with Crippen molar-refractivity contribution < 1.29 is 9.53 Å². The average Bonchev–Trinajstić information content (AvgIpc) is 2.58. The number of hydrogen-bond acceptors (Lipinski definition) is 2. The van der Waals surface area contributed by atoms with Gasteiger partial charge in [-0.05, 0) is 51.9 Å². The van der Waals surface area contributed by atoms with Crippen LogP contribution in [0.1, 0.15) is 78.1 Å². The lowest BCUT2D eigenvalue weighted by Crippen LogP contribution is -2.02. The van der Waals surface area contributed by atoms with Gasteiger partial charge in [-0.3, -0.25) is 4.79 Å². The van der Waals surface area contributed by atoms with E-state index in [-0.39, 0.29) is 5.97 Å². The van der Waals surface area contributed by atoms with E-state index in [4.69, 9.17) is 4.74 Å². The van der Waals surface area contributed by atoms with Crippen LogP contribution in [-0.2, 0) is 9.53 Å². The molecule has 0 aliphatic heterocycles. The van der Waals surface area contributed by atoms with Gasteiger partial charge in [0.25, 0.3) is 0 Å². The molecule has 136 valence electrons. The van der Waals surface area contributed by atoms with Crippen LogP contribution in [0.4, 0.5) is 0 Å². The predicted molar refractivity (Wildman–Crippen MR) is 105 cm³/mol. The highest BCUT2D eigenvalue weighted by Gasteiger charge is 1.98. The fourth-order valence-electron chi connectivity index (χ4n) is 2.16. The van der Waals surface area contributed by atoms with Crippen molar-refractivity contribution >= 4 is 5.97 Å². The van der Waals surface area contributed by atoms with Crippen molar-refractivity contribution in [3.63, 3.8) is 0 Å². The zero-order valence-electron chi connectivity index (χ0n) is 15.7. The van der Waals surface area contributed by atoms with E-state index in [0.717, 1.165) is 32.1 Å². The second-order valence-corrected chi connectivity index (χ2v) is 5.79. The van der Waals surface area contributed by atoms with E-state index in [1.165, 1.54) is 25.7 Å². The van der Waals surface area contributed by atoms with Gasteiger partial charge in [-0.15, -0.1) is 0 Å². The van der Waals surface area contributed by atoms with Crippen molar-refractivity contribution in [2.45, 2.75) is 78.1 Å². The maximum Gasteiger partial charge on any atom is 0.305 e. The van der Waals surface area contributed by atoms with Crippen LogP contribution in [-0.4, -0.2) is 12.6 Å².